The van der Waals surface area contributed by atoms with Gasteiger partial charge in [0.25, 0.3) is 5.91 Å². The minimum absolute atomic E-state index is 0.0163. The molecule has 3 rings (SSSR count). The third kappa shape index (κ3) is 2.33. The van der Waals surface area contributed by atoms with Crippen molar-refractivity contribution in [3.05, 3.63) is 45.1 Å². The lowest BCUT2D eigenvalue weighted by atomic mass is 10.0. The molecule has 1 amide bonds. The third-order valence-corrected chi connectivity index (χ3v) is 4.47. The number of amides is 1. The zero-order valence-corrected chi connectivity index (χ0v) is 11.8. The van der Waals surface area contributed by atoms with Gasteiger partial charge in [-0.1, -0.05) is 11.6 Å². The largest absolute Gasteiger partial charge is 0.399 e. The van der Waals surface area contributed by atoms with Crippen LogP contribution in [-0.2, 0) is 6.42 Å². The van der Waals surface area contributed by atoms with E-state index in [0.717, 1.165) is 36.3 Å². The van der Waals surface area contributed by atoms with Crippen LogP contribution < -0.4 is 10.6 Å². The van der Waals surface area contributed by atoms with E-state index in [2.05, 4.69) is 0 Å². The Morgan fingerprint density at radius 2 is 2.16 bits per heavy atom. The van der Waals surface area contributed by atoms with Gasteiger partial charge < -0.3 is 10.6 Å². The molecule has 0 atom stereocenters. The van der Waals surface area contributed by atoms with Crippen molar-refractivity contribution in [1.82, 2.24) is 0 Å². The Labute approximate surface area is 120 Å². The number of benzene rings is 1. The first-order chi connectivity index (χ1) is 9.15. The summed E-state index contributed by atoms with van der Waals surface area (Å²) in [6, 6.07) is 9.26. The van der Waals surface area contributed by atoms with Crippen LogP contribution in [0.5, 0.6) is 0 Å². The number of halogens is 1. The number of carbonyl (C=O) groups is 1. The summed E-state index contributed by atoms with van der Waals surface area (Å²) < 4.78 is 0.637. The van der Waals surface area contributed by atoms with Crippen molar-refractivity contribution in [3.63, 3.8) is 0 Å². The van der Waals surface area contributed by atoms with E-state index in [1.807, 2.05) is 23.1 Å². The van der Waals surface area contributed by atoms with Gasteiger partial charge in [0.05, 0.1) is 9.21 Å². The summed E-state index contributed by atoms with van der Waals surface area (Å²) >= 11 is 7.21. The van der Waals surface area contributed by atoms with Gasteiger partial charge >= 0.3 is 0 Å². The first-order valence-electron chi connectivity index (χ1n) is 6.11. The Morgan fingerprint density at radius 1 is 1.32 bits per heavy atom. The highest BCUT2D eigenvalue weighted by molar-refractivity contribution is 7.18. The first-order valence-corrected chi connectivity index (χ1v) is 7.30. The van der Waals surface area contributed by atoms with Crippen molar-refractivity contribution in [3.8, 4) is 0 Å². The van der Waals surface area contributed by atoms with Gasteiger partial charge in [-0.3, -0.25) is 4.79 Å². The lowest BCUT2D eigenvalue weighted by Crippen LogP contribution is -2.35. The highest BCUT2D eigenvalue weighted by atomic mass is 35.5. The summed E-state index contributed by atoms with van der Waals surface area (Å²) in [5, 5.41) is 0. The Balaban J connectivity index is 1.97. The quantitative estimate of drug-likeness (QED) is 0.817. The molecule has 2 heterocycles. The summed E-state index contributed by atoms with van der Waals surface area (Å²) in [6.45, 7) is 0.741. The topological polar surface area (TPSA) is 46.3 Å². The molecule has 0 saturated heterocycles. The van der Waals surface area contributed by atoms with E-state index in [9.17, 15) is 4.79 Å². The van der Waals surface area contributed by atoms with Crippen molar-refractivity contribution in [2.24, 2.45) is 0 Å². The van der Waals surface area contributed by atoms with Crippen molar-refractivity contribution >= 4 is 40.2 Å². The minimum Gasteiger partial charge on any atom is -0.399 e. The van der Waals surface area contributed by atoms with Crippen LogP contribution in [-0.4, -0.2) is 12.5 Å². The number of fused-ring (bicyclic) bond motifs is 1. The minimum atomic E-state index is 0.0163. The summed E-state index contributed by atoms with van der Waals surface area (Å²) in [7, 11) is 0. The Morgan fingerprint density at radius 3 is 2.89 bits per heavy atom. The fourth-order valence-corrected chi connectivity index (χ4v) is 3.38. The van der Waals surface area contributed by atoms with E-state index in [-0.39, 0.29) is 5.91 Å². The molecule has 3 nitrogen and oxygen atoms in total. The van der Waals surface area contributed by atoms with E-state index in [1.165, 1.54) is 11.3 Å². The third-order valence-electron chi connectivity index (χ3n) is 3.25. The van der Waals surface area contributed by atoms with Crippen LogP contribution in [0.3, 0.4) is 0 Å². The van der Waals surface area contributed by atoms with Gasteiger partial charge in [-0.15, -0.1) is 11.3 Å². The normalized spacial score (nSPS) is 14.3. The smallest absolute Gasteiger partial charge is 0.268 e. The van der Waals surface area contributed by atoms with E-state index in [1.54, 1.807) is 12.1 Å². The number of hydrogen-bond acceptors (Lipinski definition) is 3. The van der Waals surface area contributed by atoms with Crippen LogP contribution in [0.2, 0.25) is 4.34 Å². The zero-order chi connectivity index (χ0) is 13.4. The summed E-state index contributed by atoms with van der Waals surface area (Å²) in [5.41, 5.74) is 8.65. The Hall–Kier alpha value is -1.52. The zero-order valence-electron chi connectivity index (χ0n) is 10.2. The van der Waals surface area contributed by atoms with E-state index in [4.69, 9.17) is 17.3 Å². The first kappa shape index (κ1) is 12.5. The predicted octanol–water partition coefficient (Wildman–Crippen LogP) is 3.58. The number of carbonyl (C=O) groups excluding carboxylic acids is 1. The number of thiophene rings is 1. The molecule has 0 unspecified atom stereocenters. The molecule has 1 aliphatic rings. The van der Waals surface area contributed by atoms with Crippen LogP contribution in [0.4, 0.5) is 11.4 Å². The molecule has 0 spiro atoms. The summed E-state index contributed by atoms with van der Waals surface area (Å²) in [6.07, 6.45) is 1.93. The monoisotopic (exact) mass is 292 g/mol. The van der Waals surface area contributed by atoms with Gasteiger partial charge in [-0.2, -0.15) is 0 Å². The average Bonchev–Trinajstić information content (AvgIpc) is 2.83. The molecule has 2 aromatic rings. The summed E-state index contributed by atoms with van der Waals surface area (Å²) in [5.74, 6) is 0.0163. The van der Waals surface area contributed by atoms with Gasteiger partial charge in [0.1, 0.15) is 0 Å². The molecule has 19 heavy (non-hydrogen) atoms. The van der Waals surface area contributed by atoms with Crippen molar-refractivity contribution in [2.75, 3.05) is 17.2 Å². The van der Waals surface area contributed by atoms with Gasteiger partial charge in [0, 0.05) is 17.9 Å². The molecule has 1 aliphatic heterocycles. The van der Waals surface area contributed by atoms with Crippen LogP contribution in [0.15, 0.2) is 30.3 Å². The molecule has 2 N–H and O–H groups in total. The number of nitrogens with two attached hydrogens (primary N) is 1. The maximum absolute atomic E-state index is 12.5. The number of nitrogen functional groups attached to an aromatic ring is 1. The summed E-state index contributed by atoms with van der Waals surface area (Å²) in [4.78, 5) is 15.0. The highest BCUT2D eigenvalue weighted by Gasteiger charge is 2.24. The molecule has 1 aromatic carbocycles. The predicted molar refractivity (Wildman–Crippen MR) is 80.2 cm³/mol. The standard InChI is InChI=1S/C14H13ClN2OS/c15-13-6-5-12(19-13)14(18)17-7-1-2-9-8-10(16)3-4-11(9)17/h3-6,8H,1-2,7,16H2. The van der Waals surface area contributed by atoms with Crippen molar-refractivity contribution in [2.45, 2.75) is 12.8 Å². The van der Waals surface area contributed by atoms with Crippen LogP contribution in [0.1, 0.15) is 21.7 Å². The second kappa shape index (κ2) is 4.87. The Bertz CT molecular complexity index is 638. The molecule has 1 aromatic heterocycles. The van der Waals surface area contributed by atoms with E-state index >= 15 is 0 Å². The van der Waals surface area contributed by atoms with E-state index in [0.29, 0.717) is 9.21 Å². The fourth-order valence-electron chi connectivity index (χ4n) is 2.39. The maximum Gasteiger partial charge on any atom is 0.268 e. The van der Waals surface area contributed by atoms with Crippen molar-refractivity contribution < 1.29 is 4.79 Å². The van der Waals surface area contributed by atoms with Crippen LogP contribution >= 0.6 is 22.9 Å². The molecule has 0 saturated carbocycles. The van der Waals surface area contributed by atoms with Gasteiger partial charge in [0.2, 0.25) is 0 Å². The number of rotatable bonds is 1. The molecule has 0 fully saturated rings. The SMILES string of the molecule is Nc1ccc2c(c1)CCCN2C(=O)c1ccc(Cl)s1. The molecular formula is C14H13ClN2OS. The van der Waals surface area contributed by atoms with Crippen molar-refractivity contribution in [1.29, 1.82) is 0 Å². The van der Waals surface area contributed by atoms with E-state index < -0.39 is 0 Å². The molecule has 0 bridgehead atoms. The second-order valence-corrected chi connectivity index (χ2v) is 6.27. The number of anilines is 2. The lowest BCUT2D eigenvalue weighted by Gasteiger charge is -2.29. The number of hydrogen-bond donors (Lipinski definition) is 1. The molecule has 5 heteroatoms. The van der Waals surface area contributed by atoms with Gasteiger partial charge in [-0.25, -0.2) is 0 Å². The Kier molecular flexibility index (Phi) is 3.21. The lowest BCUT2D eigenvalue weighted by molar-refractivity contribution is 0.0989. The molecular weight excluding hydrogens is 280 g/mol. The molecule has 0 aliphatic carbocycles. The van der Waals surface area contributed by atoms with Crippen LogP contribution in [0, 0.1) is 0 Å². The number of aryl methyl sites for hydroxylation is 1. The highest BCUT2D eigenvalue weighted by Crippen LogP contribution is 2.31. The second-order valence-electron chi connectivity index (χ2n) is 4.55. The van der Waals surface area contributed by atoms with Gasteiger partial charge in [0.15, 0.2) is 0 Å². The fraction of sp³-hybridized carbons (Fsp3) is 0.214. The average molecular weight is 293 g/mol. The van der Waals surface area contributed by atoms with Crippen LogP contribution in [0.25, 0.3) is 0 Å². The molecule has 0 radical (unpaired) electrons. The van der Waals surface area contributed by atoms with Gasteiger partial charge in [-0.05, 0) is 48.7 Å². The molecule has 98 valence electrons. The number of nitrogens with zero attached hydrogens (tertiary/aromatic N) is 1. The maximum atomic E-state index is 12.5.